The molecule has 0 saturated heterocycles. The number of carbonyl (C=O) groups excluding carboxylic acids is 1. The largest absolute Gasteiger partial charge is 0.493 e. The summed E-state index contributed by atoms with van der Waals surface area (Å²) in [4.78, 5) is 12.3. The van der Waals surface area contributed by atoms with Crippen LogP contribution in [0.5, 0.6) is 5.75 Å². The number of carbonyl (C=O) groups is 1. The van der Waals surface area contributed by atoms with E-state index in [2.05, 4.69) is 0 Å². The van der Waals surface area contributed by atoms with Crippen LogP contribution in [0.25, 0.3) is 0 Å². The summed E-state index contributed by atoms with van der Waals surface area (Å²) in [5.74, 6) is 0.655. The van der Waals surface area contributed by atoms with Crippen LogP contribution in [0.1, 0.15) is 27.0 Å². The van der Waals surface area contributed by atoms with E-state index in [1.165, 1.54) is 12.1 Å². The number of ketones is 1. The normalized spacial score (nSPS) is 12.9. The van der Waals surface area contributed by atoms with Gasteiger partial charge in [-0.25, -0.2) is 4.39 Å². The van der Waals surface area contributed by atoms with Gasteiger partial charge in [0.2, 0.25) is 0 Å². The van der Waals surface area contributed by atoms with Gasteiger partial charge in [-0.3, -0.25) is 4.79 Å². The number of ether oxygens (including phenoxy) is 1. The summed E-state index contributed by atoms with van der Waals surface area (Å²) >= 11 is 0. The van der Waals surface area contributed by atoms with E-state index in [9.17, 15) is 9.18 Å². The molecule has 0 spiro atoms. The van der Waals surface area contributed by atoms with Crippen LogP contribution in [0.15, 0.2) is 36.4 Å². The van der Waals surface area contributed by atoms with Gasteiger partial charge in [-0.05, 0) is 53.9 Å². The molecule has 0 radical (unpaired) electrons. The molecule has 0 aromatic heterocycles. The third kappa shape index (κ3) is 2.44. The number of hydrogen-bond donors (Lipinski definition) is 0. The van der Waals surface area contributed by atoms with Crippen molar-refractivity contribution in [1.82, 2.24) is 0 Å². The highest BCUT2D eigenvalue weighted by Gasteiger charge is 2.15. The maximum absolute atomic E-state index is 13.1. The molecule has 3 rings (SSSR count). The van der Waals surface area contributed by atoms with Crippen molar-refractivity contribution in [1.29, 1.82) is 0 Å². The first kappa shape index (κ1) is 12.9. The van der Waals surface area contributed by atoms with E-state index >= 15 is 0 Å². The van der Waals surface area contributed by atoms with Crippen molar-refractivity contribution in [2.45, 2.75) is 19.8 Å². The fourth-order valence-electron chi connectivity index (χ4n) is 2.49. The van der Waals surface area contributed by atoms with E-state index in [0.29, 0.717) is 18.6 Å². The first-order valence-electron chi connectivity index (χ1n) is 6.67. The molecular weight excluding hydrogens is 255 g/mol. The third-order valence-electron chi connectivity index (χ3n) is 3.67. The van der Waals surface area contributed by atoms with Crippen LogP contribution in [0.3, 0.4) is 0 Å². The number of Topliss-reactive ketones (excluding diaryl/α,β-unsaturated/α-hetero) is 1. The second-order valence-electron chi connectivity index (χ2n) is 5.09. The number of hydrogen-bond acceptors (Lipinski definition) is 2. The Balaban J connectivity index is 1.82. The lowest BCUT2D eigenvalue weighted by molar-refractivity contribution is 0.0992. The summed E-state index contributed by atoms with van der Waals surface area (Å²) in [6.07, 6.45) is 1.15. The van der Waals surface area contributed by atoms with Crippen LogP contribution in [0.4, 0.5) is 4.39 Å². The summed E-state index contributed by atoms with van der Waals surface area (Å²) in [5.41, 5.74) is 3.46. The average Bonchev–Trinajstić information content (AvgIpc) is 2.89. The molecule has 0 N–H and O–H groups in total. The maximum Gasteiger partial charge on any atom is 0.167 e. The van der Waals surface area contributed by atoms with Crippen molar-refractivity contribution in [2.24, 2.45) is 0 Å². The van der Waals surface area contributed by atoms with E-state index in [0.717, 1.165) is 28.9 Å². The standard InChI is InChI=1S/C17H15FO2/c1-11-8-15(18)4-2-12(11)10-16(19)13-3-5-17-14(9-13)6-7-20-17/h2-5,8-9H,6-7,10H2,1H3. The number of rotatable bonds is 3. The molecule has 3 heteroatoms. The molecule has 0 bridgehead atoms. The molecule has 102 valence electrons. The monoisotopic (exact) mass is 270 g/mol. The third-order valence-corrected chi connectivity index (χ3v) is 3.67. The van der Waals surface area contributed by atoms with Gasteiger partial charge in [0.05, 0.1) is 6.61 Å². The second kappa shape index (κ2) is 5.08. The topological polar surface area (TPSA) is 26.3 Å². The molecule has 0 fully saturated rings. The molecule has 0 aliphatic carbocycles. The summed E-state index contributed by atoms with van der Waals surface area (Å²) in [6, 6.07) is 10.1. The lowest BCUT2D eigenvalue weighted by atomic mass is 9.98. The molecule has 0 amide bonds. The lowest BCUT2D eigenvalue weighted by Gasteiger charge is -2.06. The average molecular weight is 270 g/mol. The van der Waals surface area contributed by atoms with Crippen LogP contribution >= 0.6 is 0 Å². The molecule has 1 heterocycles. The molecule has 2 aromatic rings. The Hall–Kier alpha value is -2.16. The van der Waals surface area contributed by atoms with Crippen molar-refractivity contribution >= 4 is 5.78 Å². The number of fused-ring (bicyclic) bond motifs is 1. The van der Waals surface area contributed by atoms with Crippen LogP contribution in [0, 0.1) is 12.7 Å². The Labute approximate surface area is 117 Å². The van der Waals surface area contributed by atoms with Crippen molar-refractivity contribution in [3.63, 3.8) is 0 Å². The Morgan fingerprint density at radius 3 is 2.90 bits per heavy atom. The number of aryl methyl sites for hydroxylation is 1. The highest BCUT2D eigenvalue weighted by molar-refractivity contribution is 5.98. The minimum atomic E-state index is -0.270. The second-order valence-corrected chi connectivity index (χ2v) is 5.09. The summed E-state index contributed by atoms with van der Waals surface area (Å²) in [6.45, 7) is 2.51. The van der Waals surface area contributed by atoms with Gasteiger partial charge in [0.15, 0.2) is 5.78 Å². The SMILES string of the molecule is Cc1cc(F)ccc1CC(=O)c1ccc2c(c1)CCO2. The van der Waals surface area contributed by atoms with Gasteiger partial charge in [-0.2, -0.15) is 0 Å². The van der Waals surface area contributed by atoms with Gasteiger partial charge in [0, 0.05) is 18.4 Å². The van der Waals surface area contributed by atoms with Crippen LogP contribution in [-0.4, -0.2) is 12.4 Å². The summed E-state index contributed by atoms with van der Waals surface area (Å²) < 4.78 is 18.5. The molecule has 0 unspecified atom stereocenters. The van der Waals surface area contributed by atoms with Gasteiger partial charge in [0.25, 0.3) is 0 Å². The quantitative estimate of drug-likeness (QED) is 0.798. The molecule has 20 heavy (non-hydrogen) atoms. The highest BCUT2D eigenvalue weighted by atomic mass is 19.1. The van der Waals surface area contributed by atoms with Crippen LogP contribution < -0.4 is 4.74 Å². The fourth-order valence-corrected chi connectivity index (χ4v) is 2.49. The van der Waals surface area contributed by atoms with Crippen molar-refractivity contribution in [2.75, 3.05) is 6.61 Å². The van der Waals surface area contributed by atoms with E-state index in [1.54, 1.807) is 12.1 Å². The van der Waals surface area contributed by atoms with E-state index in [1.807, 2.05) is 19.1 Å². The van der Waals surface area contributed by atoms with Crippen LogP contribution in [0.2, 0.25) is 0 Å². The first-order chi connectivity index (χ1) is 9.63. The minimum absolute atomic E-state index is 0.0504. The number of halogens is 1. The van der Waals surface area contributed by atoms with Gasteiger partial charge in [0.1, 0.15) is 11.6 Å². The zero-order valence-electron chi connectivity index (χ0n) is 11.3. The van der Waals surface area contributed by atoms with Gasteiger partial charge in [-0.15, -0.1) is 0 Å². The zero-order chi connectivity index (χ0) is 14.1. The highest BCUT2D eigenvalue weighted by Crippen LogP contribution is 2.26. The summed E-state index contributed by atoms with van der Waals surface area (Å²) in [7, 11) is 0. The molecule has 0 saturated carbocycles. The zero-order valence-corrected chi connectivity index (χ0v) is 11.3. The van der Waals surface area contributed by atoms with E-state index in [-0.39, 0.29) is 11.6 Å². The molecule has 2 aromatic carbocycles. The predicted octanol–water partition coefficient (Wildman–Crippen LogP) is 3.49. The van der Waals surface area contributed by atoms with E-state index in [4.69, 9.17) is 4.74 Å². The Kier molecular flexibility index (Phi) is 3.26. The predicted molar refractivity (Wildman–Crippen MR) is 74.8 cm³/mol. The summed E-state index contributed by atoms with van der Waals surface area (Å²) in [5, 5.41) is 0. The Morgan fingerprint density at radius 1 is 1.25 bits per heavy atom. The lowest BCUT2D eigenvalue weighted by Crippen LogP contribution is -2.05. The molecule has 0 atom stereocenters. The maximum atomic E-state index is 13.1. The fraction of sp³-hybridized carbons (Fsp3) is 0.235. The first-order valence-corrected chi connectivity index (χ1v) is 6.67. The van der Waals surface area contributed by atoms with Crippen LogP contribution in [-0.2, 0) is 12.8 Å². The van der Waals surface area contributed by atoms with Gasteiger partial charge >= 0.3 is 0 Å². The van der Waals surface area contributed by atoms with Crippen molar-refractivity contribution in [3.8, 4) is 5.75 Å². The molecule has 1 aliphatic rings. The van der Waals surface area contributed by atoms with Crippen molar-refractivity contribution < 1.29 is 13.9 Å². The van der Waals surface area contributed by atoms with Gasteiger partial charge in [-0.1, -0.05) is 6.07 Å². The Morgan fingerprint density at radius 2 is 2.10 bits per heavy atom. The number of benzene rings is 2. The molecule has 2 nitrogen and oxygen atoms in total. The molecular formula is C17H15FO2. The molecule has 1 aliphatic heterocycles. The van der Waals surface area contributed by atoms with Crippen molar-refractivity contribution in [3.05, 3.63) is 64.5 Å². The Bertz CT molecular complexity index is 677. The van der Waals surface area contributed by atoms with Gasteiger partial charge < -0.3 is 4.74 Å². The minimum Gasteiger partial charge on any atom is -0.493 e. The smallest absolute Gasteiger partial charge is 0.167 e. The van der Waals surface area contributed by atoms with E-state index < -0.39 is 0 Å².